The molecule has 272 valence electrons. The number of anilines is 3. The zero-order valence-corrected chi connectivity index (χ0v) is 31.5. The largest absolute Gasteiger partial charge is 0.455 e. The number of aromatic nitrogens is 2. The molecule has 0 amide bonds. The molecule has 11 aromatic rings. The Morgan fingerprint density at radius 2 is 0.897 bits per heavy atom. The van der Waals surface area contributed by atoms with Gasteiger partial charge in [0.25, 0.3) is 0 Å². The highest BCUT2D eigenvalue weighted by Gasteiger charge is 2.21. The molecule has 2 heterocycles. The van der Waals surface area contributed by atoms with Crippen LogP contribution in [0.15, 0.2) is 217 Å². The zero-order chi connectivity index (χ0) is 38.4. The number of benzene rings is 9. The van der Waals surface area contributed by atoms with E-state index in [1.54, 1.807) is 0 Å². The quantitative estimate of drug-likeness (QED) is 0.163. The number of rotatable bonds is 7. The van der Waals surface area contributed by atoms with Crippen molar-refractivity contribution in [3.63, 3.8) is 0 Å². The van der Waals surface area contributed by atoms with E-state index in [1.807, 2.05) is 12.1 Å². The first kappa shape index (κ1) is 33.5. The Balaban J connectivity index is 1.06. The molecule has 0 aliphatic rings. The minimum Gasteiger partial charge on any atom is -0.455 e. The van der Waals surface area contributed by atoms with E-state index in [9.17, 15) is 0 Å². The summed E-state index contributed by atoms with van der Waals surface area (Å²) in [5.74, 6) is 0.652. The van der Waals surface area contributed by atoms with Crippen LogP contribution >= 0.6 is 0 Å². The second kappa shape index (κ2) is 14.0. The smallest absolute Gasteiger partial charge is 0.160 e. The maximum Gasteiger partial charge on any atom is 0.160 e. The van der Waals surface area contributed by atoms with E-state index in [2.05, 4.69) is 205 Å². The number of hydrogen-bond acceptors (Lipinski definition) is 4. The van der Waals surface area contributed by atoms with Crippen LogP contribution in [0.2, 0.25) is 0 Å². The van der Waals surface area contributed by atoms with Crippen molar-refractivity contribution in [2.24, 2.45) is 0 Å². The number of nitrogens with zero attached hydrogens (tertiary/aromatic N) is 3. The number of hydrogen-bond donors (Lipinski definition) is 0. The maximum absolute atomic E-state index is 6.82. The van der Waals surface area contributed by atoms with Gasteiger partial charge in [0.2, 0.25) is 0 Å². The van der Waals surface area contributed by atoms with Gasteiger partial charge in [0.15, 0.2) is 5.82 Å². The molecule has 11 rings (SSSR count). The summed E-state index contributed by atoms with van der Waals surface area (Å²) in [6, 6.07) is 74.4. The second-order valence-corrected chi connectivity index (χ2v) is 14.6. The van der Waals surface area contributed by atoms with Crippen molar-refractivity contribution in [3.05, 3.63) is 212 Å². The summed E-state index contributed by atoms with van der Waals surface area (Å²) in [5.41, 5.74) is 13.0. The Labute approximate surface area is 335 Å². The lowest BCUT2D eigenvalue weighted by Crippen LogP contribution is -2.09. The standard InChI is InChI=1S/C54H35N3O/c1-4-14-36(15-5-1)38-24-28-44(29-25-38)57(43-20-8-3-9-21-43)45-30-26-39(27-31-45)54-55-50-23-13-12-22-46(50)52(56-54)49-34-42(37-16-6-2-7-17-37)33-48-47-32-40-18-10-11-19-41(40)35-51(47)58-53(48)49/h1-35H. The van der Waals surface area contributed by atoms with E-state index in [0.29, 0.717) is 5.82 Å². The molecule has 0 aliphatic heterocycles. The molecule has 0 radical (unpaired) electrons. The van der Waals surface area contributed by atoms with Gasteiger partial charge >= 0.3 is 0 Å². The lowest BCUT2D eigenvalue weighted by molar-refractivity contribution is 0.670. The first-order valence-electron chi connectivity index (χ1n) is 19.6. The highest BCUT2D eigenvalue weighted by Crippen LogP contribution is 2.43. The monoisotopic (exact) mass is 741 g/mol. The lowest BCUT2D eigenvalue weighted by atomic mass is 9.96. The summed E-state index contributed by atoms with van der Waals surface area (Å²) < 4.78 is 6.82. The van der Waals surface area contributed by atoms with Crippen LogP contribution in [-0.2, 0) is 0 Å². The van der Waals surface area contributed by atoms with Gasteiger partial charge < -0.3 is 9.32 Å². The van der Waals surface area contributed by atoms with Gasteiger partial charge in [0.1, 0.15) is 11.2 Å². The molecule has 0 saturated carbocycles. The average molecular weight is 742 g/mol. The van der Waals surface area contributed by atoms with Crippen molar-refractivity contribution in [2.75, 3.05) is 4.90 Å². The minimum absolute atomic E-state index is 0.652. The Bertz CT molecular complexity index is 3250. The van der Waals surface area contributed by atoms with Crippen molar-refractivity contribution in [3.8, 4) is 44.9 Å². The van der Waals surface area contributed by atoms with Crippen molar-refractivity contribution in [1.82, 2.24) is 9.97 Å². The zero-order valence-electron chi connectivity index (χ0n) is 31.5. The normalized spacial score (nSPS) is 11.4. The third-order valence-electron chi connectivity index (χ3n) is 11.0. The van der Waals surface area contributed by atoms with Crippen molar-refractivity contribution < 1.29 is 4.42 Å². The van der Waals surface area contributed by atoms with Gasteiger partial charge in [-0.15, -0.1) is 0 Å². The van der Waals surface area contributed by atoms with Gasteiger partial charge in [0.05, 0.1) is 11.2 Å². The Morgan fingerprint density at radius 3 is 1.59 bits per heavy atom. The SMILES string of the molecule is c1ccc(-c2ccc(N(c3ccccc3)c3ccc(-c4nc(-c5cc(-c6ccccc6)cc6c5oc5cc7ccccc7cc56)c5ccccc5n4)cc3)cc2)cc1. The highest BCUT2D eigenvalue weighted by molar-refractivity contribution is 6.15. The molecule has 0 N–H and O–H groups in total. The first-order valence-corrected chi connectivity index (χ1v) is 19.6. The molecule has 0 spiro atoms. The number of para-hydroxylation sites is 2. The second-order valence-electron chi connectivity index (χ2n) is 14.6. The Kier molecular flexibility index (Phi) is 8.11. The van der Waals surface area contributed by atoms with Crippen LogP contribution in [0, 0.1) is 0 Å². The van der Waals surface area contributed by atoms with Crippen LogP contribution in [0.1, 0.15) is 0 Å². The average Bonchev–Trinajstić information content (AvgIpc) is 3.66. The molecule has 9 aromatic carbocycles. The summed E-state index contributed by atoms with van der Waals surface area (Å²) in [4.78, 5) is 12.8. The predicted molar refractivity (Wildman–Crippen MR) is 241 cm³/mol. The lowest BCUT2D eigenvalue weighted by Gasteiger charge is -2.26. The third-order valence-corrected chi connectivity index (χ3v) is 11.0. The molecule has 4 heteroatoms. The first-order chi connectivity index (χ1) is 28.7. The fourth-order valence-corrected chi connectivity index (χ4v) is 8.16. The van der Waals surface area contributed by atoms with Gasteiger partial charge in [0, 0.05) is 44.3 Å². The number of furan rings is 1. The molecule has 2 aromatic heterocycles. The maximum atomic E-state index is 6.82. The van der Waals surface area contributed by atoms with Crippen LogP contribution in [0.5, 0.6) is 0 Å². The Hall–Kier alpha value is -7.82. The van der Waals surface area contributed by atoms with Gasteiger partial charge in [-0.05, 0) is 112 Å². The van der Waals surface area contributed by atoms with Crippen LogP contribution in [0.3, 0.4) is 0 Å². The minimum atomic E-state index is 0.652. The summed E-state index contributed by atoms with van der Waals surface area (Å²) in [5, 5.41) is 5.43. The van der Waals surface area contributed by atoms with Crippen LogP contribution in [0.4, 0.5) is 17.1 Å². The summed E-state index contributed by atoms with van der Waals surface area (Å²) in [6.45, 7) is 0. The fourth-order valence-electron chi connectivity index (χ4n) is 8.16. The van der Waals surface area contributed by atoms with Crippen molar-refractivity contribution >= 4 is 60.7 Å². The van der Waals surface area contributed by atoms with Crippen molar-refractivity contribution in [1.29, 1.82) is 0 Å². The molecular weight excluding hydrogens is 707 g/mol. The van der Waals surface area contributed by atoms with E-state index >= 15 is 0 Å². The van der Waals surface area contributed by atoms with Gasteiger partial charge in [-0.2, -0.15) is 0 Å². The molecule has 0 atom stereocenters. The topological polar surface area (TPSA) is 42.2 Å². The molecular formula is C54H35N3O. The van der Waals surface area contributed by atoms with E-state index in [-0.39, 0.29) is 0 Å². The van der Waals surface area contributed by atoms with E-state index < -0.39 is 0 Å². The molecule has 0 aliphatic carbocycles. The molecule has 0 bridgehead atoms. The molecule has 0 fully saturated rings. The molecule has 0 unspecified atom stereocenters. The number of fused-ring (bicyclic) bond motifs is 5. The summed E-state index contributed by atoms with van der Waals surface area (Å²) in [7, 11) is 0. The van der Waals surface area contributed by atoms with Gasteiger partial charge in [-0.25, -0.2) is 9.97 Å². The summed E-state index contributed by atoms with van der Waals surface area (Å²) >= 11 is 0. The van der Waals surface area contributed by atoms with Gasteiger partial charge in [-0.1, -0.05) is 133 Å². The van der Waals surface area contributed by atoms with E-state index in [0.717, 1.165) is 83.2 Å². The van der Waals surface area contributed by atoms with Gasteiger partial charge in [-0.3, -0.25) is 0 Å². The van der Waals surface area contributed by atoms with E-state index in [1.165, 1.54) is 16.5 Å². The van der Waals surface area contributed by atoms with Crippen molar-refractivity contribution in [2.45, 2.75) is 0 Å². The van der Waals surface area contributed by atoms with Crippen LogP contribution < -0.4 is 4.90 Å². The Morgan fingerprint density at radius 1 is 0.362 bits per heavy atom. The van der Waals surface area contributed by atoms with Crippen LogP contribution in [-0.4, -0.2) is 9.97 Å². The molecule has 0 saturated heterocycles. The molecule has 58 heavy (non-hydrogen) atoms. The fraction of sp³-hybridized carbons (Fsp3) is 0. The van der Waals surface area contributed by atoms with Crippen LogP contribution in [0.25, 0.3) is 88.5 Å². The summed E-state index contributed by atoms with van der Waals surface area (Å²) in [6.07, 6.45) is 0. The third kappa shape index (κ3) is 5.96. The predicted octanol–water partition coefficient (Wildman–Crippen LogP) is 14.8. The molecule has 4 nitrogen and oxygen atoms in total. The highest BCUT2D eigenvalue weighted by atomic mass is 16.3. The van der Waals surface area contributed by atoms with E-state index in [4.69, 9.17) is 14.4 Å².